The SMILES string of the molecule is CCCCC(O)(CCCC)C(C)S(=O)(=O)c1nc2ccccc2s1. The van der Waals surface area contributed by atoms with Gasteiger partial charge in [0.2, 0.25) is 14.2 Å². The third-order valence-corrected chi connectivity index (χ3v) is 8.39. The molecule has 6 heteroatoms. The molecule has 0 saturated heterocycles. The lowest BCUT2D eigenvalue weighted by molar-refractivity contribution is 0.0181. The number of sulfone groups is 1. The Hall–Kier alpha value is -0.980. The summed E-state index contributed by atoms with van der Waals surface area (Å²) in [6.45, 7) is 5.73. The van der Waals surface area contributed by atoms with Gasteiger partial charge < -0.3 is 5.11 Å². The van der Waals surface area contributed by atoms with Gasteiger partial charge in [0.1, 0.15) is 0 Å². The zero-order chi connectivity index (χ0) is 17.8. The molecule has 134 valence electrons. The minimum Gasteiger partial charge on any atom is -0.389 e. The third kappa shape index (κ3) is 3.98. The van der Waals surface area contributed by atoms with Crippen LogP contribution in [0.1, 0.15) is 59.3 Å². The number of nitrogens with zero attached hydrogens (tertiary/aromatic N) is 1. The normalized spacial score (nSPS) is 14.2. The van der Waals surface area contributed by atoms with Gasteiger partial charge in [-0.1, -0.05) is 51.7 Å². The number of benzene rings is 1. The Labute approximate surface area is 148 Å². The summed E-state index contributed by atoms with van der Waals surface area (Å²) in [6, 6.07) is 7.41. The van der Waals surface area contributed by atoms with Gasteiger partial charge in [0, 0.05) is 0 Å². The van der Waals surface area contributed by atoms with Crippen LogP contribution in [0, 0.1) is 0 Å². The van der Waals surface area contributed by atoms with Gasteiger partial charge in [0.15, 0.2) is 0 Å². The fraction of sp³-hybridized carbons (Fsp3) is 0.611. The largest absolute Gasteiger partial charge is 0.389 e. The van der Waals surface area contributed by atoms with E-state index in [0.717, 1.165) is 30.4 Å². The van der Waals surface area contributed by atoms with Gasteiger partial charge in [-0.15, -0.1) is 11.3 Å². The summed E-state index contributed by atoms with van der Waals surface area (Å²) in [5.41, 5.74) is -0.498. The van der Waals surface area contributed by atoms with Crippen LogP contribution in [-0.2, 0) is 9.84 Å². The average molecular weight is 370 g/mol. The zero-order valence-electron chi connectivity index (χ0n) is 14.7. The van der Waals surface area contributed by atoms with Crippen molar-refractivity contribution in [1.29, 1.82) is 0 Å². The Morgan fingerprint density at radius 1 is 1.17 bits per heavy atom. The lowest BCUT2D eigenvalue weighted by atomic mass is 9.88. The molecule has 1 aromatic carbocycles. The van der Waals surface area contributed by atoms with Gasteiger partial charge in [-0.2, -0.15) is 0 Å². The van der Waals surface area contributed by atoms with Crippen molar-refractivity contribution in [3.05, 3.63) is 24.3 Å². The number of hydrogen-bond donors (Lipinski definition) is 1. The Morgan fingerprint density at radius 2 is 1.75 bits per heavy atom. The van der Waals surface area contributed by atoms with E-state index in [2.05, 4.69) is 4.98 Å². The predicted molar refractivity (Wildman–Crippen MR) is 100 cm³/mol. The van der Waals surface area contributed by atoms with E-state index in [1.807, 2.05) is 38.1 Å². The molecule has 1 aromatic heterocycles. The van der Waals surface area contributed by atoms with Crippen LogP contribution < -0.4 is 0 Å². The summed E-state index contributed by atoms with van der Waals surface area (Å²) in [7, 11) is -3.66. The van der Waals surface area contributed by atoms with Crippen LogP contribution in [0.4, 0.5) is 0 Å². The molecule has 0 fully saturated rings. The van der Waals surface area contributed by atoms with Crippen LogP contribution >= 0.6 is 11.3 Å². The van der Waals surface area contributed by atoms with E-state index in [4.69, 9.17) is 0 Å². The van der Waals surface area contributed by atoms with Crippen molar-refractivity contribution < 1.29 is 13.5 Å². The summed E-state index contributed by atoms with van der Waals surface area (Å²) in [5.74, 6) is 0. The Morgan fingerprint density at radius 3 is 2.29 bits per heavy atom. The maximum absolute atomic E-state index is 13.1. The monoisotopic (exact) mass is 369 g/mol. The molecule has 1 atom stereocenters. The van der Waals surface area contributed by atoms with Gasteiger partial charge in [0.25, 0.3) is 0 Å². The second-order valence-corrected chi connectivity index (χ2v) is 9.92. The summed E-state index contributed by atoms with van der Waals surface area (Å²) in [6.07, 6.45) is 4.52. The maximum atomic E-state index is 13.1. The van der Waals surface area contributed by atoms with E-state index in [0.29, 0.717) is 18.4 Å². The number of fused-ring (bicyclic) bond motifs is 1. The van der Waals surface area contributed by atoms with Crippen molar-refractivity contribution in [2.75, 3.05) is 0 Å². The first kappa shape index (κ1) is 19.3. The van der Waals surface area contributed by atoms with Gasteiger partial charge in [0.05, 0.1) is 21.1 Å². The van der Waals surface area contributed by atoms with E-state index in [1.165, 1.54) is 11.3 Å². The van der Waals surface area contributed by atoms with Crippen molar-refractivity contribution in [2.45, 2.75) is 74.5 Å². The second kappa shape index (κ2) is 7.93. The van der Waals surface area contributed by atoms with E-state index in [9.17, 15) is 13.5 Å². The van der Waals surface area contributed by atoms with Crippen LogP contribution in [-0.4, -0.2) is 29.4 Å². The Balaban J connectivity index is 2.36. The van der Waals surface area contributed by atoms with Crippen molar-refractivity contribution in [3.63, 3.8) is 0 Å². The Kier molecular flexibility index (Phi) is 6.39. The molecular formula is C18H27NO3S2. The highest BCUT2D eigenvalue weighted by Crippen LogP contribution is 2.35. The average Bonchev–Trinajstić information content (AvgIpc) is 3.02. The summed E-state index contributed by atoms with van der Waals surface area (Å²) >= 11 is 1.19. The number of rotatable bonds is 9. The number of para-hydroxylation sites is 1. The molecule has 1 N–H and O–H groups in total. The van der Waals surface area contributed by atoms with Crippen molar-refractivity contribution >= 4 is 31.4 Å². The van der Waals surface area contributed by atoms with Crippen LogP contribution in [0.25, 0.3) is 10.2 Å². The molecule has 0 aliphatic heterocycles. The molecule has 1 unspecified atom stereocenters. The van der Waals surface area contributed by atoms with E-state index >= 15 is 0 Å². The van der Waals surface area contributed by atoms with E-state index < -0.39 is 20.7 Å². The first-order chi connectivity index (χ1) is 11.3. The third-order valence-electron chi connectivity index (χ3n) is 4.67. The molecule has 0 bridgehead atoms. The molecule has 0 radical (unpaired) electrons. The predicted octanol–water partition coefficient (Wildman–Crippen LogP) is 4.57. The smallest absolute Gasteiger partial charge is 0.210 e. The van der Waals surface area contributed by atoms with Crippen molar-refractivity contribution in [1.82, 2.24) is 4.98 Å². The number of aromatic nitrogens is 1. The van der Waals surface area contributed by atoms with E-state index in [-0.39, 0.29) is 4.34 Å². The van der Waals surface area contributed by atoms with Gasteiger partial charge in [-0.3, -0.25) is 0 Å². The molecule has 0 saturated carbocycles. The number of thiazole rings is 1. The molecule has 0 spiro atoms. The van der Waals surface area contributed by atoms with Crippen LogP contribution in [0.2, 0.25) is 0 Å². The lowest BCUT2D eigenvalue weighted by Gasteiger charge is -2.33. The fourth-order valence-electron chi connectivity index (χ4n) is 2.91. The highest BCUT2D eigenvalue weighted by Gasteiger charge is 2.42. The summed E-state index contributed by atoms with van der Waals surface area (Å²) in [5, 5.41) is 10.3. The summed E-state index contributed by atoms with van der Waals surface area (Å²) < 4.78 is 27.1. The van der Waals surface area contributed by atoms with Crippen LogP contribution in [0.3, 0.4) is 0 Å². The molecule has 24 heavy (non-hydrogen) atoms. The highest BCUT2D eigenvalue weighted by atomic mass is 32.2. The molecule has 0 amide bonds. The summed E-state index contributed by atoms with van der Waals surface area (Å²) in [4.78, 5) is 4.30. The molecule has 0 aliphatic carbocycles. The standard InChI is InChI=1S/C18H27NO3S2/c1-4-6-12-18(20,13-7-5-2)14(3)24(21,22)17-19-15-10-8-9-11-16(15)23-17/h8-11,14,20H,4-7,12-13H2,1-3H3. The van der Waals surface area contributed by atoms with Crippen LogP contribution in [0.5, 0.6) is 0 Å². The number of hydrogen-bond acceptors (Lipinski definition) is 5. The molecule has 1 heterocycles. The van der Waals surface area contributed by atoms with Gasteiger partial charge in [-0.05, 0) is 31.9 Å². The molecular weight excluding hydrogens is 342 g/mol. The highest BCUT2D eigenvalue weighted by molar-refractivity contribution is 7.94. The van der Waals surface area contributed by atoms with Gasteiger partial charge in [-0.25, -0.2) is 13.4 Å². The minimum absolute atomic E-state index is 0.114. The van der Waals surface area contributed by atoms with E-state index in [1.54, 1.807) is 6.92 Å². The number of aliphatic hydroxyl groups is 1. The second-order valence-electron chi connectivity index (χ2n) is 6.45. The first-order valence-electron chi connectivity index (χ1n) is 8.67. The topological polar surface area (TPSA) is 67.3 Å². The minimum atomic E-state index is -3.66. The fourth-order valence-corrected chi connectivity index (χ4v) is 6.12. The maximum Gasteiger partial charge on any atom is 0.210 e. The van der Waals surface area contributed by atoms with Gasteiger partial charge >= 0.3 is 0 Å². The number of unbranched alkanes of at least 4 members (excludes halogenated alkanes) is 2. The lowest BCUT2D eigenvalue weighted by Crippen LogP contribution is -2.45. The molecule has 0 aliphatic rings. The van der Waals surface area contributed by atoms with Crippen molar-refractivity contribution in [3.8, 4) is 0 Å². The first-order valence-corrected chi connectivity index (χ1v) is 11.0. The molecule has 2 aromatic rings. The molecule has 2 rings (SSSR count). The van der Waals surface area contributed by atoms with Crippen molar-refractivity contribution in [2.24, 2.45) is 0 Å². The quantitative estimate of drug-likeness (QED) is 0.703. The molecule has 4 nitrogen and oxygen atoms in total. The van der Waals surface area contributed by atoms with Crippen LogP contribution in [0.15, 0.2) is 28.6 Å². The Bertz CT molecular complexity index is 726. The zero-order valence-corrected chi connectivity index (χ0v) is 16.3.